The third-order valence-electron chi connectivity index (χ3n) is 9.21. The number of ether oxygens (including phenoxy) is 1. The van der Waals surface area contributed by atoms with Gasteiger partial charge in [-0.3, -0.25) is 14.5 Å². The Morgan fingerprint density at radius 2 is 1.76 bits per heavy atom. The summed E-state index contributed by atoms with van der Waals surface area (Å²) in [7, 11) is 0. The van der Waals surface area contributed by atoms with E-state index in [1.807, 2.05) is 12.1 Å². The zero-order valence-corrected chi connectivity index (χ0v) is 30.5. The van der Waals surface area contributed by atoms with Gasteiger partial charge >= 0.3 is 5.97 Å². The van der Waals surface area contributed by atoms with Crippen LogP contribution in [0.3, 0.4) is 0 Å². The molecule has 1 saturated heterocycles. The first-order valence-corrected chi connectivity index (χ1v) is 17.7. The van der Waals surface area contributed by atoms with Crippen LogP contribution in [0.15, 0.2) is 66.1 Å². The van der Waals surface area contributed by atoms with Crippen molar-refractivity contribution in [1.29, 1.82) is 0 Å². The second-order valence-corrected chi connectivity index (χ2v) is 14.7. The van der Waals surface area contributed by atoms with E-state index in [0.29, 0.717) is 28.5 Å². The lowest BCUT2D eigenvalue weighted by Gasteiger charge is -2.36. The molecule has 1 unspecified atom stereocenters. The summed E-state index contributed by atoms with van der Waals surface area (Å²) in [6, 6.07) is 13.5. The van der Waals surface area contributed by atoms with Crippen LogP contribution in [0.5, 0.6) is 0 Å². The predicted octanol–water partition coefficient (Wildman–Crippen LogP) is 5.33. The van der Waals surface area contributed by atoms with E-state index in [0.717, 1.165) is 63.4 Å². The number of nitrogens with one attached hydrogen (secondary N) is 1. The molecule has 1 aromatic carbocycles. The lowest BCUT2D eigenvalue weighted by atomic mass is 9.86. The molecule has 0 radical (unpaired) electrons. The minimum absolute atomic E-state index is 0.0257. The van der Waals surface area contributed by atoms with E-state index in [2.05, 4.69) is 64.6 Å². The number of aromatic nitrogens is 5. The summed E-state index contributed by atoms with van der Waals surface area (Å²) in [6.07, 6.45) is 6.31. The van der Waals surface area contributed by atoms with Gasteiger partial charge in [0.25, 0.3) is 5.56 Å². The van der Waals surface area contributed by atoms with E-state index >= 15 is 0 Å². The summed E-state index contributed by atoms with van der Waals surface area (Å²) < 4.78 is 9.09. The predicted molar refractivity (Wildman–Crippen MR) is 200 cm³/mol. The molecule has 1 aliphatic heterocycles. The SMILES string of the molecule is C=CCn1c(=O)c2cnc(Nc3ccc(N4CCN(CCCCC(OCCC(=O)O)C(C)(C)C)CC4)cc3)nc2n1-c1cccc(C(C)(C)O)n1. The van der Waals surface area contributed by atoms with Crippen molar-refractivity contribution in [3.8, 4) is 5.82 Å². The first-order chi connectivity index (χ1) is 24.2. The number of hydrogen-bond acceptors (Lipinski definition) is 10. The summed E-state index contributed by atoms with van der Waals surface area (Å²) in [6.45, 7) is 19.0. The Hall–Kier alpha value is -4.59. The number of benzene rings is 1. The lowest BCUT2D eigenvalue weighted by Crippen LogP contribution is -2.46. The standard InChI is InChI=1S/C38H52N8O5/c1-7-19-45-35(49)29-26-39-36(42-34(29)46(45)32-13-10-11-30(41-32)38(5,6)50)40-27-14-16-28(17-15-27)44-23-21-43(22-24-44)20-9-8-12-31(37(2,3)4)51-25-18-33(47)48/h7,10-11,13-17,26,31,50H,1,8-9,12,18-25H2,2-6H3,(H,47,48)(H,39,40,42). The van der Waals surface area contributed by atoms with Crippen molar-refractivity contribution in [1.82, 2.24) is 29.2 Å². The van der Waals surface area contributed by atoms with Gasteiger partial charge in [-0.15, -0.1) is 6.58 Å². The van der Waals surface area contributed by atoms with Crippen molar-refractivity contribution in [3.05, 3.63) is 77.4 Å². The van der Waals surface area contributed by atoms with Gasteiger partial charge in [0.1, 0.15) is 11.0 Å². The number of allylic oxidation sites excluding steroid dienone is 1. The summed E-state index contributed by atoms with van der Waals surface area (Å²) in [4.78, 5) is 42.9. The zero-order chi connectivity index (χ0) is 36.8. The fraction of sp³-hybridized carbons (Fsp3) is 0.500. The number of carbonyl (C=O) groups is 1. The molecule has 274 valence electrons. The number of aliphatic hydroxyl groups is 1. The molecule has 0 bridgehead atoms. The van der Waals surface area contributed by atoms with Gasteiger partial charge in [-0.1, -0.05) is 32.9 Å². The van der Waals surface area contributed by atoms with Crippen molar-refractivity contribution in [3.63, 3.8) is 0 Å². The number of aliphatic carboxylic acids is 1. The Labute approximate surface area is 299 Å². The highest BCUT2D eigenvalue weighted by Crippen LogP contribution is 2.27. The minimum atomic E-state index is -1.16. The average Bonchev–Trinajstić information content (AvgIpc) is 3.35. The van der Waals surface area contributed by atoms with Crippen molar-refractivity contribution in [2.24, 2.45) is 5.41 Å². The number of rotatable bonds is 16. The summed E-state index contributed by atoms with van der Waals surface area (Å²) in [5.74, 6) is -0.0352. The molecular weight excluding hydrogens is 648 g/mol. The van der Waals surface area contributed by atoms with E-state index in [-0.39, 0.29) is 36.7 Å². The van der Waals surface area contributed by atoms with Crippen molar-refractivity contribution >= 4 is 34.3 Å². The maximum atomic E-state index is 13.3. The number of piperazine rings is 1. The van der Waals surface area contributed by atoms with Crippen LogP contribution in [-0.4, -0.2) is 90.8 Å². The first kappa shape index (κ1) is 37.7. The normalized spacial score (nSPS) is 14.9. The van der Waals surface area contributed by atoms with Crippen LogP contribution in [0.4, 0.5) is 17.3 Å². The summed E-state index contributed by atoms with van der Waals surface area (Å²) >= 11 is 0. The van der Waals surface area contributed by atoms with Crippen LogP contribution >= 0.6 is 0 Å². The smallest absolute Gasteiger partial charge is 0.305 e. The molecule has 4 aromatic rings. The van der Waals surface area contributed by atoms with Crippen LogP contribution in [0, 0.1) is 5.41 Å². The number of unbranched alkanes of at least 4 members (excludes halogenated alkanes) is 1. The first-order valence-electron chi connectivity index (χ1n) is 17.7. The number of anilines is 3. The highest BCUT2D eigenvalue weighted by Gasteiger charge is 2.26. The van der Waals surface area contributed by atoms with Crippen LogP contribution in [-0.2, 0) is 21.7 Å². The molecule has 4 heterocycles. The molecule has 0 aliphatic carbocycles. The molecule has 1 fully saturated rings. The van der Waals surface area contributed by atoms with Gasteiger partial charge in [0, 0.05) is 43.8 Å². The number of carboxylic acids is 1. The highest BCUT2D eigenvalue weighted by atomic mass is 16.5. The second-order valence-electron chi connectivity index (χ2n) is 14.7. The molecule has 3 N–H and O–H groups in total. The summed E-state index contributed by atoms with van der Waals surface area (Å²) in [5, 5.41) is 23.1. The monoisotopic (exact) mass is 700 g/mol. The number of fused-ring (bicyclic) bond motifs is 1. The van der Waals surface area contributed by atoms with E-state index < -0.39 is 11.6 Å². The third kappa shape index (κ3) is 9.60. The number of pyridine rings is 1. The number of carboxylic acid groups (broad SMARTS) is 1. The van der Waals surface area contributed by atoms with Gasteiger partial charge < -0.3 is 25.2 Å². The highest BCUT2D eigenvalue weighted by molar-refractivity contribution is 5.77. The van der Waals surface area contributed by atoms with Gasteiger partial charge in [0.05, 0.1) is 31.4 Å². The Kier molecular flexibility index (Phi) is 11.9. The fourth-order valence-corrected chi connectivity index (χ4v) is 6.32. The molecule has 13 nitrogen and oxygen atoms in total. The molecule has 5 rings (SSSR count). The topological polar surface area (TPSA) is 151 Å². The van der Waals surface area contributed by atoms with Gasteiger partial charge in [-0.2, -0.15) is 4.98 Å². The van der Waals surface area contributed by atoms with Gasteiger partial charge in [0.15, 0.2) is 11.5 Å². The summed E-state index contributed by atoms with van der Waals surface area (Å²) in [5.41, 5.74) is 1.38. The van der Waals surface area contributed by atoms with Gasteiger partial charge in [-0.05, 0) is 81.5 Å². The molecular formula is C38H52N8O5. The van der Waals surface area contributed by atoms with Crippen molar-refractivity contribution in [2.75, 3.05) is 49.5 Å². The van der Waals surface area contributed by atoms with Crippen molar-refractivity contribution in [2.45, 2.75) is 78.6 Å². The Balaban J connectivity index is 1.18. The van der Waals surface area contributed by atoms with E-state index in [1.54, 1.807) is 42.8 Å². The van der Waals surface area contributed by atoms with Crippen molar-refractivity contribution < 1.29 is 19.7 Å². The maximum Gasteiger partial charge on any atom is 0.305 e. The Bertz CT molecular complexity index is 1850. The van der Waals surface area contributed by atoms with Gasteiger partial charge in [0.2, 0.25) is 5.95 Å². The lowest BCUT2D eigenvalue weighted by molar-refractivity contribution is -0.139. The molecule has 1 atom stereocenters. The van der Waals surface area contributed by atoms with Crippen LogP contribution in [0.1, 0.15) is 66.0 Å². The van der Waals surface area contributed by atoms with E-state index in [4.69, 9.17) is 14.8 Å². The molecule has 13 heteroatoms. The number of hydrogen-bond donors (Lipinski definition) is 3. The molecule has 0 amide bonds. The largest absolute Gasteiger partial charge is 0.481 e. The van der Waals surface area contributed by atoms with Gasteiger partial charge in [-0.25, -0.2) is 19.3 Å². The van der Waals surface area contributed by atoms with E-state index in [9.17, 15) is 14.7 Å². The molecule has 3 aromatic heterocycles. The fourth-order valence-electron chi connectivity index (χ4n) is 6.32. The van der Waals surface area contributed by atoms with Crippen LogP contribution < -0.4 is 15.8 Å². The third-order valence-corrected chi connectivity index (χ3v) is 9.21. The quantitative estimate of drug-likeness (QED) is 0.103. The number of nitrogens with zero attached hydrogens (tertiary/aromatic N) is 7. The van der Waals surface area contributed by atoms with E-state index in [1.165, 1.54) is 10.9 Å². The molecule has 0 saturated carbocycles. The molecule has 0 spiro atoms. The Morgan fingerprint density at radius 1 is 1.04 bits per heavy atom. The molecule has 1 aliphatic rings. The second kappa shape index (κ2) is 16.2. The van der Waals surface area contributed by atoms with Crippen LogP contribution in [0.25, 0.3) is 16.9 Å². The van der Waals surface area contributed by atoms with Crippen LogP contribution in [0.2, 0.25) is 0 Å². The Morgan fingerprint density at radius 3 is 2.41 bits per heavy atom. The zero-order valence-electron chi connectivity index (χ0n) is 30.5. The molecule has 51 heavy (non-hydrogen) atoms. The maximum absolute atomic E-state index is 13.3. The minimum Gasteiger partial charge on any atom is -0.481 e. The average molecular weight is 701 g/mol.